The van der Waals surface area contributed by atoms with Gasteiger partial charge >= 0.3 is 29.6 Å². The van der Waals surface area contributed by atoms with Crippen LogP contribution in [-0.2, 0) is 4.79 Å². The van der Waals surface area contributed by atoms with Crippen LogP contribution in [0.4, 0.5) is 0 Å². The maximum Gasteiger partial charge on any atom is 1.00 e. The Morgan fingerprint density at radius 1 is 1.67 bits per heavy atom. The minimum atomic E-state index is 0. The minimum absolute atomic E-state index is 0. The van der Waals surface area contributed by atoms with E-state index in [-0.39, 0.29) is 29.6 Å². The molecule has 1 unspecified atom stereocenters. The van der Waals surface area contributed by atoms with Gasteiger partial charge in [0.25, 0.3) is 0 Å². The summed E-state index contributed by atoms with van der Waals surface area (Å²) in [5, 5.41) is 0. The molecule has 1 rings (SSSR count). The summed E-state index contributed by atoms with van der Waals surface area (Å²) in [5.41, 5.74) is 0. The fourth-order valence-electron chi connectivity index (χ4n) is 1.13. The van der Waals surface area contributed by atoms with Gasteiger partial charge in [-0.05, 0) is 12.8 Å². The van der Waals surface area contributed by atoms with Crippen molar-refractivity contribution in [2.75, 3.05) is 0 Å². The Labute approximate surface area is 78.5 Å². The third-order valence-electron chi connectivity index (χ3n) is 1.75. The van der Waals surface area contributed by atoms with Gasteiger partial charge in [-0.1, -0.05) is 6.42 Å². The van der Waals surface area contributed by atoms with Crippen molar-refractivity contribution in [1.82, 2.24) is 0 Å². The van der Waals surface area contributed by atoms with Crippen LogP contribution in [0, 0.1) is 12.3 Å². The van der Waals surface area contributed by atoms with E-state index in [1.807, 2.05) is 0 Å². The standard InChI is InChI=1S/C7H11O.Na/c1-6(8)7-4-2-3-5-7;/h2,7H,3-5H2,1H3;/q-1;+1. The molecular weight excluding hydrogens is 123 g/mol. The number of hydrogen-bond donors (Lipinski definition) is 0. The molecule has 1 fully saturated rings. The molecule has 0 heterocycles. The Balaban J connectivity index is 0.000000640. The molecule has 0 bridgehead atoms. The van der Waals surface area contributed by atoms with E-state index in [0.29, 0.717) is 11.7 Å². The maximum absolute atomic E-state index is 10.6. The minimum Gasteiger partial charge on any atom is -0.328 e. The number of Topliss-reactive ketones (excluding diaryl/α,β-unsaturated/α-hetero) is 1. The summed E-state index contributed by atoms with van der Waals surface area (Å²) in [6.45, 7) is 1.68. The largest absolute Gasteiger partial charge is 1.00 e. The molecule has 1 aliphatic rings. The van der Waals surface area contributed by atoms with E-state index < -0.39 is 0 Å². The molecule has 0 aromatic rings. The zero-order valence-electron chi connectivity index (χ0n) is 6.18. The van der Waals surface area contributed by atoms with Crippen molar-refractivity contribution in [2.24, 2.45) is 5.92 Å². The Hall–Kier alpha value is 0.670. The first kappa shape index (κ1) is 9.67. The zero-order valence-corrected chi connectivity index (χ0v) is 8.18. The summed E-state index contributed by atoms with van der Waals surface area (Å²) in [4.78, 5) is 10.6. The number of carbonyl (C=O) groups excluding carboxylic acids is 1. The van der Waals surface area contributed by atoms with Gasteiger partial charge < -0.3 is 6.42 Å². The van der Waals surface area contributed by atoms with Crippen LogP contribution >= 0.6 is 0 Å². The molecule has 1 nitrogen and oxygen atoms in total. The van der Waals surface area contributed by atoms with Crippen LogP contribution in [-0.4, -0.2) is 5.78 Å². The van der Waals surface area contributed by atoms with Crippen LogP contribution < -0.4 is 29.6 Å². The first-order valence-corrected chi connectivity index (χ1v) is 3.13. The Morgan fingerprint density at radius 2 is 2.33 bits per heavy atom. The van der Waals surface area contributed by atoms with Gasteiger partial charge in [-0.2, -0.15) is 12.8 Å². The molecule has 0 radical (unpaired) electrons. The molecule has 2 heteroatoms. The molecule has 0 amide bonds. The van der Waals surface area contributed by atoms with Gasteiger partial charge in [0, 0.05) is 0 Å². The maximum atomic E-state index is 10.6. The molecule has 0 saturated heterocycles. The second-order valence-electron chi connectivity index (χ2n) is 2.41. The predicted octanol–water partition coefficient (Wildman–Crippen LogP) is -1.42. The molecule has 0 spiro atoms. The smallest absolute Gasteiger partial charge is 0.328 e. The quantitative estimate of drug-likeness (QED) is 0.318. The van der Waals surface area contributed by atoms with E-state index in [1.165, 1.54) is 0 Å². The fraction of sp³-hybridized carbons (Fsp3) is 0.714. The Morgan fingerprint density at radius 3 is 2.56 bits per heavy atom. The molecule has 0 aliphatic heterocycles. The summed E-state index contributed by atoms with van der Waals surface area (Å²) in [6.07, 6.45) is 5.46. The van der Waals surface area contributed by atoms with Crippen molar-refractivity contribution in [3.63, 3.8) is 0 Å². The summed E-state index contributed by atoms with van der Waals surface area (Å²) in [7, 11) is 0. The van der Waals surface area contributed by atoms with E-state index in [2.05, 4.69) is 6.42 Å². The fourth-order valence-corrected chi connectivity index (χ4v) is 1.13. The average Bonchev–Trinajstić information content (AvgIpc) is 2.12. The Kier molecular flexibility index (Phi) is 4.81. The SMILES string of the molecule is CC(=O)C1C[CH-]CC1.[Na+]. The number of hydrogen-bond acceptors (Lipinski definition) is 1. The molecule has 1 aliphatic carbocycles. The predicted molar refractivity (Wildman–Crippen MR) is 32.3 cm³/mol. The van der Waals surface area contributed by atoms with Crippen molar-refractivity contribution >= 4 is 5.78 Å². The second kappa shape index (κ2) is 4.48. The Bertz CT molecular complexity index is 95.1. The average molecular weight is 134 g/mol. The van der Waals surface area contributed by atoms with E-state index >= 15 is 0 Å². The molecule has 1 atom stereocenters. The third-order valence-corrected chi connectivity index (χ3v) is 1.75. The van der Waals surface area contributed by atoms with Crippen molar-refractivity contribution in [1.29, 1.82) is 0 Å². The van der Waals surface area contributed by atoms with E-state index in [9.17, 15) is 4.79 Å². The molecule has 0 aromatic heterocycles. The molecule has 0 N–H and O–H groups in total. The monoisotopic (exact) mass is 134 g/mol. The van der Waals surface area contributed by atoms with Gasteiger partial charge in [0.1, 0.15) is 5.78 Å². The van der Waals surface area contributed by atoms with E-state index in [4.69, 9.17) is 0 Å². The van der Waals surface area contributed by atoms with Gasteiger partial charge in [-0.3, -0.25) is 4.79 Å². The molecule has 46 valence electrons. The van der Waals surface area contributed by atoms with Gasteiger partial charge in [-0.15, -0.1) is 0 Å². The topological polar surface area (TPSA) is 17.1 Å². The summed E-state index contributed by atoms with van der Waals surface area (Å²) >= 11 is 0. The normalized spacial score (nSPS) is 25.2. The first-order chi connectivity index (χ1) is 3.80. The van der Waals surface area contributed by atoms with Crippen molar-refractivity contribution in [2.45, 2.75) is 26.2 Å². The van der Waals surface area contributed by atoms with Gasteiger partial charge in [0.05, 0.1) is 0 Å². The van der Waals surface area contributed by atoms with Crippen molar-refractivity contribution in [3.05, 3.63) is 6.42 Å². The van der Waals surface area contributed by atoms with Crippen LogP contribution in [0.5, 0.6) is 0 Å². The molecule has 1 saturated carbocycles. The first-order valence-electron chi connectivity index (χ1n) is 3.13. The number of carbonyl (C=O) groups is 1. The summed E-state index contributed by atoms with van der Waals surface area (Å²) in [5.74, 6) is 0.730. The van der Waals surface area contributed by atoms with E-state index in [1.54, 1.807) is 6.92 Å². The summed E-state index contributed by atoms with van der Waals surface area (Å²) < 4.78 is 0. The van der Waals surface area contributed by atoms with Crippen LogP contribution in [0.1, 0.15) is 26.2 Å². The van der Waals surface area contributed by atoms with Gasteiger partial charge in [0.15, 0.2) is 0 Å². The van der Waals surface area contributed by atoms with Crippen molar-refractivity contribution < 1.29 is 34.4 Å². The van der Waals surface area contributed by atoms with E-state index in [0.717, 1.165) is 19.3 Å². The second-order valence-corrected chi connectivity index (χ2v) is 2.41. The number of ketones is 1. The van der Waals surface area contributed by atoms with Crippen LogP contribution in [0.15, 0.2) is 0 Å². The van der Waals surface area contributed by atoms with Crippen LogP contribution in [0.3, 0.4) is 0 Å². The summed E-state index contributed by atoms with van der Waals surface area (Å²) in [6, 6.07) is 0. The molecule has 0 aromatic carbocycles. The van der Waals surface area contributed by atoms with Crippen molar-refractivity contribution in [3.8, 4) is 0 Å². The van der Waals surface area contributed by atoms with Crippen LogP contribution in [0.25, 0.3) is 0 Å². The molecule has 9 heavy (non-hydrogen) atoms. The molecular formula is C7H11NaO. The zero-order chi connectivity index (χ0) is 5.98. The van der Waals surface area contributed by atoms with Gasteiger partial charge in [0.2, 0.25) is 0 Å². The van der Waals surface area contributed by atoms with Crippen LogP contribution in [0.2, 0.25) is 0 Å². The number of rotatable bonds is 1. The van der Waals surface area contributed by atoms with Gasteiger partial charge in [-0.25, -0.2) is 0 Å². The third kappa shape index (κ3) is 2.83.